The lowest BCUT2D eigenvalue weighted by Gasteiger charge is -2.32. The van der Waals surface area contributed by atoms with Crippen molar-refractivity contribution in [2.24, 2.45) is 5.41 Å². The van der Waals surface area contributed by atoms with Crippen molar-refractivity contribution in [3.8, 4) is 0 Å². The third-order valence-corrected chi connectivity index (χ3v) is 4.31. The minimum atomic E-state index is -0.256. The zero-order chi connectivity index (χ0) is 13.2. The zero-order valence-corrected chi connectivity index (χ0v) is 11.8. The first-order valence-electron chi connectivity index (χ1n) is 6.94. The lowest BCUT2D eigenvalue weighted by Crippen LogP contribution is -2.39. The standard InChI is InChI=1S/C16H25NO/c1-13(18)16(2,3)12-17-10-9-15(11-17)14-7-5-4-6-8-14/h4-8,13,15,18H,9-12H2,1-3H3. The van der Waals surface area contributed by atoms with Crippen LogP contribution in [-0.4, -0.2) is 35.7 Å². The van der Waals surface area contributed by atoms with Crippen LogP contribution >= 0.6 is 0 Å². The molecular formula is C16H25NO. The average molecular weight is 247 g/mol. The van der Waals surface area contributed by atoms with E-state index in [1.165, 1.54) is 12.0 Å². The van der Waals surface area contributed by atoms with E-state index in [4.69, 9.17) is 0 Å². The molecular weight excluding hydrogens is 222 g/mol. The predicted octanol–water partition coefficient (Wildman–Crippen LogP) is 2.88. The maximum absolute atomic E-state index is 9.80. The van der Waals surface area contributed by atoms with Crippen molar-refractivity contribution in [2.45, 2.75) is 39.2 Å². The van der Waals surface area contributed by atoms with Crippen molar-refractivity contribution in [1.82, 2.24) is 4.90 Å². The summed E-state index contributed by atoms with van der Waals surface area (Å²) in [6, 6.07) is 10.8. The molecule has 1 aromatic carbocycles. The fraction of sp³-hybridized carbons (Fsp3) is 0.625. The van der Waals surface area contributed by atoms with Crippen LogP contribution in [0.1, 0.15) is 38.7 Å². The molecule has 1 aliphatic heterocycles. The number of likely N-dealkylation sites (tertiary alicyclic amines) is 1. The highest BCUT2D eigenvalue weighted by molar-refractivity contribution is 5.21. The molecule has 0 amide bonds. The van der Waals surface area contributed by atoms with Crippen LogP contribution in [0.4, 0.5) is 0 Å². The van der Waals surface area contributed by atoms with Crippen molar-refractivity contribution in [1.29, 1.82) is 0 Å². The molecule has 0 aromatic heterocycles. The smallest absolute Gasteiger partial charge is 0.0575 e. The first kappa shape index (κ1) is 13.6. The second-order valence-electron chi connectivity index (χ2n) is 6.30. The van der Waals surface area contributed by atoms with Crippen LogP contribution in [0.25, 0.3) is 0 Å². The van der Waals surface area contributed by atoms with Crippen molar-refractivity contribution in [3.63, 3.8) is 0 Å². The quantitative estimate of drug-likeness (QED) is 0.884. The number of aliphatic hydroxyl groups is 1. The first-order valence-corrected chi connectivity index (χ1v) is 6.94. The van der Waals surface area contributed by atoms with E-state index >= 15 is 0 Å². The summed E-state index contributed by atoms with van der Waals surface area (Å²) in [5, 5.41) is 9.80. The van der Waals surface area contributed by atoms with E-state index in [1.54, 1.807) is 0 Å². The van der Waals surface area contributed by atoms with Gasteiger partial charge in [0.2, 0.25) is 0 Å². The Morgan fingerprint density at radius 3 is 2.61 bits per heavy atom. The molecule has 100 valence electrons. The van der Waals surface area contributed by atoms with Crippen LogP contribution < -0.4 is 0 Å². The number of nitrogens with zero attached hydrogens (tertiary/aromatic N) is 1. The Morgan fingerprint density at radius 2 is 2.00 bits per heavy atom. The van der Waals surface area contributed by atoms with E-state index in [-0.39, 0.29) is 11.5 Å². The van der Waals surface area contributed by atoms with Crippen LogP contribution in [0, 0.1) is 5.41 Å². The topological polar surface area (TPSA) is 23.5 Å². The molecule has 1 heterocycles. The summed E-state index contributed by atoms with van der Waals surface area (Å²) in [4.78, 5) is 2.49. The minimum Gasteiger partial charge on any atom is -0.393 e. The monoisotopic (exact) mass is 247 g/mol. The summed E-state index contributed by atoms with van der Waals surface area (Å²) in [5.41, 5.74) is 1.43. The summed E-state index contributed by atoms with van der Waals surface area (Å²) >= 11 is 0. The third-order valence-electron chi connectivity index (χ3n) is 4.31. The van der Waals surface area contributed by atoms with Crippen molar-refractivity contribution in [3.05, 3.63) is 35.9 Å². The molecule has 1 fully saturated rings. The molecule has 1 aliphatic rings. The zero-order valence-electron chi connectivity index (χ0n) is 11.8. The molecule has 2 unspecified atom stereocenters. The maximum Gasteiger partial charge on any atom is 0.0575 e. The molecule has 1 N–H and O–H groups in total. The normalized spacial score (nSPS) is 23.2. The third kappa shape index (κ3) is 3.12. The Balaban J connectivity index is 1.93. The lowest BCUT2D eigenvalue weighted by atomic mass is 9.87. The van der Waals surface area contributed by atoms with Crippen LogP contribution in [0.2, 0.25) is 0 Å². The van der Waals surface area contributed by atoms with E-state index in [9.17, 15) is 5.11 Å². The summed E-state index contributed by atoms with van der Waals surface area (Å²) in [7, 11) is 0. The minimum absolute atomic E-state index is 0.0222. The van der Waals surface area contributed by atoms with Crippen LogP contribution in [0.3, 0.4) is 0 Å². The maximum atomic E-state index is 9.80. The van der Waals surface area contributed by atoms with Gasteiger partial charge in [-0.05, 0) is 31.4 Å². The molecule has 1 saturated heterocycles. The van der Waals surface area contributed by atoms with E-state index in [2.05, 4.69) is 49.1 Å². The van der Waals surface area contributed by atoms with Gasteiger partial charge in [-0.1, -0.05) is 44.2 Å². The number of hydrogen-bond donors (Lipinski definition) is 1. The Bertz CT molecular complexity index is 372. The number of aliphatic hydroxyl groups excluding tert-OH is 1. The van der Waals surface area contributed by atoms with E-state index in [0.717, 1.165) is 19.6 Å². The van der Waals surface area contributed by atoms with Gasteiger partial charge in [0.15, 0.2) is 0 Å². The van der Waals surface area contributed by atoms with Crippen molar-refractivity contribution < 1.29 is 5.11 Å². The fourth-order valence-corrected chi connectivity index (χ4v) is 2.68. The summed E-state index contributed by atoms with van der Waals surface area (Å²) in [5.74, 6) is 0.663. The van der Waals surface area contributed by atoms with Crippen molar-refractivity contribution in [2.75, 3.05) is 19.6 Å². The van der Waals surface area contributed by atoms with Gasteiger partial charge in [-0.15, -0.1) is 0 Å². The second-order valence-corrected chi connectivity index (χ2v) is 6.30. The van der Waals surface area contributed by atoms with Crippen LogP contribution in [-0.2, 0) is 0 Å². The van der Waals surface area contributed by atoms with Gasteiger partial charge in [-0.25, -0.2) is 0 Å². The predicted molar refractivity (Wildman–Crippen MR) is 75.7 cm³/mol. The van der Waals surface area contributed by atoms with Gasteiger partial charge in [0.1, 0.15) is 0 Å². The second kappa shape index (κ2) is 5.41. The number of benzene rings is 1. The molecule has 18 heavy (non-hydrogen) atoms. The molecule has 2 heteroatoms. The molecule has 0 saturated carbocycles. The molecule has 0 bridgehead atoms. The summed E-state index contributed by atoms with van der Waals surface area (Å²) in [6.45, 7) is 9.44. The van der Waals surface area contributed by atoms with E-state index in [1.807, 2.05) is 6.92 Å². The highest BCUT2D eigenvalue weighted by Crippen LogP contribution is 2.30. The molecule has 2 rings (SSSR count). The number of rotatable bonds is 4. The van der Waals surface area contributed by atoms with Gasteiger partial charge < -0.3 is 10.0 Å². The molecule has 0 radical (unpaired) electrons. The van der Waals surface area contributed by atoms with Gasteiger partial charge in [0.25, 0.3) is 0 Å². The van der Waals surface area contributed by atoms with Crippen molar-refractivity contribution >= 4 is 0 Å². The first-order chi connectivity index (χ1) is 8.49. The molecule has 2 atom stereocenters. The summed E-state index contributed by atoms with van der Waals surface area (Å²) < 4.78 is 0. The van der Waals surface area contributed by atoms with Gasteiger partial charge >= 0.3 is 0 Å². The molecule has 1 aromatic rings. The van der Waals surface area contributed by atoms with Gasteiger partial charge in [0, 0.05) is 18.5 Å². The van der Waals surface area contributed by atoms with Crippen LogP contribution in [0.5, 0.6) is 0 Å². The summed E-state index contributed by atoms with van der Waals surface area (Å²) in [6.07, 6.45) is 0.980. The molecule has 0 aliphatic carbocycles. The van der Waals surface area contributed by atoms with Gasteiger partial charge in [-0.2, -0.15) is 0 Å². The Morgan fingerprint density at radius 1 is 1.33 bits per heavy atom. The van der Waals surface area contributed by atoms with E-state index in [0.29, 0.717) is 5.92 Å². The van der Waals surface area contributed by atoms with E-state index < -0.39 is 0 Å². The Hall–Kier alpha value is -0.860. The van der Waals surface area contributed by atoms with Gasteiger partial charge in [-0.3, -0.25) is 0 Å². The Kier molecular flexibility index (Phi) is 4.08. The largest absolute Gasteiger partial charge is 0.393 e. The fourth-order valence-electron chi connectivity index (χ4n) is 2.68. The Labute approximate surface area is 111 Å². The van der Waals surface area contributed by atoms with Gasteiger partial charge in [0.05, 0.1) is 6.10 Å². The lowest BCUT2D eigenvalue weighted by molar-refractivity contribution is 0.0401. The molecule has 0 spiro atoms. The number of hydrogen-bond acceptors (Lipinski definition) is 2. The SMILES string of the molecule is CC(O)C(C)(C)CN1CCC(c2ccccc2)C1. The average Bonchev–Trinajstić information content (AvgIpc) is 2.78. The van der Waals surface area contributed by atoms with Crippen LogP contribution in [0.15, 0.2) is 30.3 Å². The highest BCUT2D eigenvalue weighted by Gasteiger charge is 2.31. The highest BCUT2D eigenvalue weighted by atomic mass is 16.3. The molecule has 2 nitrogen and oxygen atoms in total.